The molecule has 0 bridgehead atoms. The number of alkyl halides is 3. The highest BCUT2D eigenvalue weighted by Gasteiger charge is 2.48. The van der Waals surface area contributed by atoms with Crippen molar-refractivity contribution in [3.05, 3.63) is 64.2 Å². The maximum atomic E-state index is 13.3. The molecule has 35 heavy (non-hydrogen) atoms. The average Bonchev–Trinajstić information content (AvgIpc) is 3.10. The van der Waals surface area contributed by atoms with E-state index in [4.69, 9.17) is 16.2 Å². The molecule has 1 saturated heterocycles. The van der Waals surface area contributed by atoms with E-state index in [9.17, 15) is 18.0 Å². The van der Waals surface area contributed by atoms with Crippen molar-refractivity contribution in [3.8, 4) is 5.75 Å². The summed E-state index contributed by atoms with van der Waals surface area (Å²) in [6, 6.07) is 10.1. The Bertz CT molecular complexity index is 1340. The van der Waals surface area contributed by atoms with Crippen LogP contribution in [0.4, 0.5) is 24.9 Å². The zero-order chi connectivity index (χ0) is 25.0. The zero-order valence-electron chi connectivity index (χ0n) is 18.7. The van der Waals surface area contributed by atoms with Gasteiger partial charge in [0.15, 0.2) is 5.69 Å². The fraction of sp³-hybridized carbons (Fsp3) is 0.348. The number of aromatic nitrogens is 3. The van der Waals surface area contributed by atoms with E-state index in [0.717, 1.165) is 17.5 Å². The molecule has 8 nitrogen and oxygen atoms in total. The number of halogens is 3. The number of para-hydroxylation sites is 1. The highest BCUT2D eigenvalue weighted by molar-refractivity contribution is 7.99. The predicted molar refractivity (Wildman–Crippen MR) is 125 cm³/mol. The number of nitrogen functional groups attached to an aromatic ring is 1. The topological polar surface area (TPSA) is 112 Å². The van der Waals surface area contributed by atoms with Crippen LogP contribution in [-0.4, -0.2) is 33.2 Å². The molecular formula is C23H23F3N6O2S. The zero-order valence-corrected chi connectivity index (χ0v) is 19.6. The summed E-state index contributed by atoms with van der Waals surface area (Å²) in [6.45, 7) is 1.05. The second kappa shape index (κ2) is 8.45. The number of fused-ring (bicyclic) bond motifs is 1. The van der Waals surface area contributed by atoms with E-state index in [-0.39, 0.29) is 21.7 Å². The Morgan fingerprint density at radius 2 is 1.89 bits per heavy atom. The lowest BCUT2D eigenvalue weighted by atomic mass is 9.83. The van der Waals surface area contributed by atoms with Crippen molar-refractivity contribution in [2.24, 2.45) is 12.8 Å². The minimum Gasteiger partial charge on any atom is -0.485 e. The number of pyridine rings is 1. The third kappa shape index (κ3) is 4.00. The molecule has 12 heteroatoms. The van der Waals surface area contributed by atoms with Crippen molar-refractivity contribution < 1.29 is 17.9 Å². The van der Waals surface area contributed by atoms with E-state index in [0.29, 0.717) is 43.6 Å². The molecule has 1 fully saturated rings. The fourth-order valence-electron chi connectivity index (χ4n) is 4.66. The molecule has 2 aliphatic heterocycles. The van der Waals surface area contributed by atoms with E-state index >= 15 is 0 Å². The number of hydrogen-bond acceptors (Lipinski definition) is 8. The molecule has 5 rings (SSSR count). The van der Waals surface area contributed by atoms with E-state index in [1.54, 1.807) is 0 Å². The third-order valence-electron chi connectivity index (χ3n) is 6.53. The molecule has 0 radical (unpaired) electrons. The summed E-state index contributed by atoms with van der Waals surface area (Å²) in [5, 5.41) is 0. The number of ether oxygens (including phenoxy) is 1. The Hall–Kier alpha value is -3.25. The first-order chi connectivity index (χ1) is 16.6. The third-order valence-corrected chi connectivity index (χ3v) is 7.67. The highest BCUT2D eigenvalue weighted by Crippen LogP contribution is 2.47. The minimum atomic E-state index is -4.66. The van der Waals surface area contributed by atoms with Crippen molar-refractivity contribution in [3.63, 3.8) is 0 Å². The first-order valence-corrected chi connectivity index (χ1v) is 11.8. The molecule has 0 unspecified atom stereocenters. The average molecular weight is 505 g/mol. The summed E-state index contributed by atoms with van der Waals surface area (Å²) >= 11 is 0.614. The lowest BCUT2D eigenvalue weighted by molar-refractivity contribution is -0.143. The Morgan fingerprint density at radius 1 is 1.17 bits per heavy atom. The van der Waals surface area contributed by atoms with Gasteiger partial charge in [0.2, 0.25) is 5.95 Å². The van der Waals surface area contributed by atoms with Gasteiger partial charge >= 0.3 is 6.18 Å². The van der Waals surface area contributed by atoms with Crippen LogP contribution in [0.2, 0.25) is 0 Å². The van der Waals surface area contributed by atoms with Crippen LogP contribution in [0.15, 0.2) is 57.2 Å². The van der Waals surface area contributed by atoms with Crippen molar-refractivity contribution in [1.29, 1.82) is 0 Å². The van der Waals surface area contributed by atoms with Crippen molar-refractivity contribution in [2.75, 3.05) is 23.7 Å². The maximum Gasteiger partial charge on any atom is 0.434 e. The van der Waals surface area contributed by atoms with E-state index in [1.165, 1.54) is 23.7 Å². The molecule has 3 aromatic rings. The van der Waals surface area contributed by atoms with Gasteiger partial charge in [0.1, 0.15) is 22.1 Å². The predicted octanol–water partition coefficient (Wildman–Crippen LogP) is 3.36. The molecule has 4 N–H and O–H groups in total. The first-order valence-electron chi connectivity index (χ1n) is 11.0. The normalized spacial score (nSPS) is 19.0. The van der Waals surface area contributed by atoms with E-state index in [2.05, 4.69) is 9.97 Å². The van der Waals surface area contributed by atoms with Gasteiger partial charge in [0, 0.05) is 49.6 Å². The fourth-order valence-corrected chi connectivity index (χ4v) is 5.66. The number of nitrogens with two attached hydrogens (primary N) is 2. The molecule has 2 aliphatic rings. The number of anilines is 2. The maximum absolute atomic E-state index is 13.3. The lowest BCUT2D eigenvalue weighted by Gasteiger charge is -2.41. The van der Waals surface area contributed by atoms with Gasteiger partial charge in [-0.3, -0.25) is 14.3 Å². The van der Waals surface area contributed by atoms with E-state index in [1.807, 2.05) is 29.2 Å². The van der Waals surface area contributed by atoms with Gasteiger partial charge in [-0.25, -0.2) is 0 Å². The van der Waals surface area contributed by atoms with Crippen LogP contribution < -0.4 is 26.7 Å². The number of nitrogens with zero attached hydrogens (tertiary/aromatic N) is 4. The Balaban J connectivity index is 1.39. The van der Waals surface area contributed by atoms with Crippen LogP contribution in [0.1, 0.15) is 30.1 Å². The second-order valence-corrected chi connectivity index (χ2v) is 9.66. The van der Waals surface area contributed by atoms with Gasteiger partial charge in [-0.05, 0) is 18.2 Å². The first kappa shape index (κ1) is 23.5. The van der Waals surface area contributed by atoms with Crippen molar-refractivity contribution in [1.82, 2.24) is 14.5 Å². The molecule has 184 valence electrons. The SMILES string of the molecule is Cn1c(N2CCC3(CC2)Oc2ccccc2[C@H]3N)nc(N)c(Sc2cccnc2C(F)(F)F)c1=O. The summed E-state index contributed by atoms with van der Waals surface area (Å²) < 4.78 is 47.6. The molecule has 1 aromatic carbocycles. The molecular weight excluding hydrogens is 481 g/mol. The Morgan fingerprint density at radius 3 is 2.57 bits per heavy atom. The summed E-state index contributed by atoms with van der Waals surface area (Å²) in [4.78, 5) is 22.6. The van der Waals surface area contributed by atoms with Gasteiger partial charge in [-0.15, -0.1) is 0 Å². The molecule has 0 saturated carbocycles. The summed E-state index contributed by atoms with van der Waals surface area (Å²) in [5.41, 5.74) is 11.4. The van der Waals surface area contributed by atoms with Gasteiger partial charge in [-0.2, -0.15) is 18.2 Å². The Labute approximate surface area is 203 Å². The molecule has 2 aromatic heterocycles. The molecule has 0 amide bonds. The number of benzene rings is 1. The van der Waals surface area contributed by atoms with Gasteiger partial charge in [-0.1, -0.05) is 30.0 Å². The van der Waals surface area contributed by atoms with Gasteiger partial charge in [0.05, 0.1) is 6.04 Å². The quantitative estimate of drug-likeness (QED) is 0.559. The van der Waals surface area contributed by atoms with Crippen LogP contribution >= 0.6 is 11.8 Å². The van der Waals surface area contributed by atoms with Crippen LogP contribution in [0.25, 0.3) is 0 Å². The monoisotopic (exact) mass is 504 g/mol. The smallest absolute Gasteiger partial charge is 0.434 e. The van der Waals surface area contributed by atoms with Crippen LogP contribution in [0, 0.1) is 0 Å². The Kier molecular flexibility index (Phi) is 5.67. The number of piperidine rings is 1. The second-order valence-electron chi connectivity index (χ2n) is 8.61. The van der Waals surface area contributed by atoms with E-state index < -0.39 is 23.0 Å². The summed E-state index contributed by atoms with van der Waals surface area (Å²) in [7, 11) is 1.53. The van der Waals surface area contributed by atoms with Crippen molar-refractivity contribution >= 4 is 23.5 Å². The minimum absolute atomic E-state index is 0.0835. The van der Waals surface area contributed by atoms with Crippen LogP contribution in [0.3, 0.4) is 0 Å². The van der Waals surface area contributed by atoms with Gasteiger partial charge < -0.3 is 21.1 Å². The molecule has 1 spiro atoms. The molecule has 4 heterocycles. The lowest BCUT2D eigenvalue weighted by Crippen LogP contribution is -2.52. The highest BCUT2D eigenvalue weighted by atomic mass is 32.2. The largest absolute Gasteiger partial charge is 0.485 e. The summed E-state index contributed by atoms with van der Waals surface area (Å²) in [5.74, 6) is 1.00. The van der Waals surface area contributed by atoms with Crippen molar-refractivity contribution in [2.45, 2.75) is 40.5 Å². The number of hydrogen-bond donors (Lipinski definition) is 2. The molecule has 1 atom stereocenters. The van der Waals surface area contributed by atoms with Crippen LogP contribution in [0.5, 0.6) is 5.75 Å². The van der Waals surface area contributed by atoms with Gasteiger partial charge in [0.25, 0.3) is 5.56 Å². The van der Waals surface area contributed by atoms with Crippen LogP contribution in [-0.2, 0) is 13.2 Å². The summed E-state index contributed by atoms with van der Waals surface area (Å²) in [6.07, 6.45) is -2.39. The number of rotatable bonds is 3. The molecule has 0 aliphatic carbocycles. The standard InChI is InChI=1S/C23H23F3N6O2S/c1-31-20(33)16(35-15-7-4-10-29-18(15)23(24,25)26)19(28)30-21(31)32-11-8-22(9-12-32)17(27)13-5-2-3-6-14(13)34-22/h2-7,10,17H,8-9,11-12,27-28H2,1H3/t17-/m1/s1.